The molecule has 3 nitrogen and oxygen atoms in total. The van der Waals surface area contributed by atoms with Gasteiger partial charge >= 0.3 is 7.12 Å². The highest BCUT2D eigenvalue weighted by atomic mass is 16.7. The van der Waals surface area contributed by atoms with Crippen LogP contribution in [0.15, 0.2) is 24.5 Å². The average molecular weight is 329 g/mol. The fourth-order valence-electron chi connectivity index (χ4n) is 4.18. The minimum Gasteiger partial charge on any atom is -0.403 e. The van der Waals surface area contributed by atoms with Crippen LogP contribution >= 0.6 is 0 Å². The van der Waals surface area contributed by atoms with Gasteiger partial charge in [-0.05, 0) is 70.1 Å². The van der Waals surface area contributed by atoms with E-state index in [4.69, 9.17) is 9.31 Å². The van der Waals surface area contributed by atoms with Gasteiger partial charge in [-0.25, -0.2) is 0 Å². The minimum atomic E-state index is -0.281. The van der Waals surface area contributed by atoms with Crippen molar-refractivity contribution in [3.63, 3.8) is 0 Å². The van der Waals surface area contributed by atoms with E-state index >= 15 is 0 Å². The van der Waals surface area contributed by atoms with Gasteiger partial charge < -0.3 is 9.31 Å². The van der Waals surface area contributed by atoms with Crippen molar-refractivity contribution in [3.8, 4) is 0 Å². The Morgan fingerprint density at radius 2 is 1.50 bits per heavy atom. The summed E-state index contributed by atoms with van der Waals surface area (Å²) < 4.78 is 12.8. The fraction of sp³-hybridized carbons (Fsp3) is 0.750. The Morgan fingerprint density at radius 1 is 0.958 bits per heavy atom. The lowest BCUT2D eigenvalue weighted by molar-refractivity contribution is 0.00578. The zero-order valence-electron chi connectivity index (χ0n) is 16.0. The molecule has 2 heterocycles. The van der Waals surface area contributed by atoms with Crippen molar-refractivity contribution >= 4 is 7.12 Å². The molecule has 1 saturated heterocycles. The standard InChI is InChI=1S/C20H32BNO2/c1-18(2)19(3,4)24-21(23-18)17(16-9-13-22-14-10-16)15-20(5)11-7-6-8-12-20/h9-10,13-14,17H,6-8,11-12,15H2,1-5H3/t17-/m0/s1. The maximum Gasteiger partial charge on any atom is 0.465 e. The third-order valence-corrected chi connectivity index (χ3v) is 6.51. The van der Waals surface area contributed by atoms with Gasteiger partial charge in [-0.3, -0.25) is 4.98 Å². The van der Waals surface area contributed by atoms with E-state index in [0.29, 0.717) is 5.41 Å². The van der Waals surface area contributed by atoms with Gasteiger partial charge in [0.2, 0.25) is 0 Å². The summed E-state index contributed by atoms with van der Waals surface area (Å²) in [6.45, 7) is 11.0. The Kier molecular flexibility index (Phi) is 4.83. The summed E-state index contributed by atoms with van der Waals surface area (Å²) in [7, 11) is -0.184. The van der Waals surface area contributed by atoms with Crippen LogP contribution in [0.5, 0.6) is 0 Å². The predicted octanol–water partition coefficient (Wildman–Crippen LogP) is 5.16. The second-order valence-electron chi connectivity index (χ2n) is 9.09. The molecule has 0 N–H and O–H groups in total. The molecule has 4 heteroatoms. The topological polar surface area (TPSA) is 31.4 Å². The SMILES string of the molecule is CC1(C[C@H](B2OC(C)(C)C(C)(C)O2)c2ccncc2)CCCCC1. The van der Waals surface area contributed by atoms with Gasteiger partial charge in [0.1, 0.15) is 0 Å². The zero-order valence-corrected chi connectivity index (χ0v) is 16.0. The molecule has 2 aliphatic rings. The van der Waals surface area contributed by atoms with Crippen molar-refractivity contribution in [2.45, 2.75) is 90.2 Å². The third kappa shape index (κ3) is 3.55. The summed E-state index contributed by atoms with van der Waals surface area (Å²) in [5.41, 5.74) is 1.11. The van der Waals surface area contributed by atoms with Crippen LogP contribution in [0.1, 0.15) is 84.5 Å². The molecule has 1 aliphatic heterocycles. The molecule has 1 saturated carbocycles. The molecule has 0 spiro atoms. The van der Waals surface area contributed by atoms with E-state index in [1.54, 1.807) is 0 Å². The number of rotatable bonds is 4. The van der Waals surface area contributed by atoms with Gasteiger partial charge in [0.15, 0.2) is 0 Å². The quantitative estimate of drug-likeness (QED) is 0.715. The average Bonchev–Trinajstić information content (AvgIpc) is 2.74. The molecule has 24 heavy (non-hydrogen) atoms. The van der Waals surface area contributed by atoms with Crippen LogP contribution in [0.2, 0.25) is 0 Å². The van der Waals surface area contributed by atoms with Crippen molar-refractivity contribution in [1.29, 1.82) is 0 Å². The molecule has 0 radical (unpaired) electrons. The lowest BCUT2D eigenvalue weighted by Gasteiger charge is -2.37. The van der Waals surface area contributed by atoms with E-state index in [-0.39, 0.29) is 24.1 Å². The van der Waals surface area contributed by atoms with Crippen molar-refractivity contribution < 1.29 is 9.31 Å². The Labute approximate surface area is 147 Å². The van der Waals surface area contributed by atoms with E-state index in [1.807, 2.05) is 12.4 Å². The van der Waals surface area contributed by atoms with Crippen molar-refractivity contribution in [2.24, 2.45) is 5.41 Å². The normalized spacial score (nSPS) is 26.3. The molecular weight excluding hydrogens is 297 g/mol. The van der Waals surface area contributed by atoms with Crippen molar-refractivity contribution in [3.05, 3.63) is 30.1 Å². The first-order valence-corrected chi connectivity index (χ1v) is 9.48. The highest BCUT2D eigenvalue weighted by Crippen LogP contribution is 2.47. The molecule has 132 valence electrons. The van der Waals surface area contributed by atoms with Gasteiger partial charge in [-0.2, -0.15) is 0 Å². The highest BCUT2D eigenvalue weighted by molar-refractivity contribution is 6.47. The summed E-state index contributed by atoms with van der Waals surface area (Å²) in [5, 5.41) is 0. The lowest BCUT2D eigenvalue weighted by atomic mass is 9.59. The third-order valence-electron chi connectivity index (χ3n) is 6.51. The molecule has 3 rings (SSSR count). The van der Waals surface area contributed by atoms with E-state index in [2.05, 4.69) is 51.7 Å². The fourth-order valence-corrected chi connectivity index (χ4v) is 4.18. The summed E-state index contributed by atoms with van der Waals surface area (Å²) >= 11 is 0. The van der Waals surface area contributed by atoms with Gasteiger partial charge in [-0.15, -0.1) is 0 Å². The van der Waals surface area contributed by atoms with E-state index in [0.717, 1.165) is 6.42 Å². The number of pyridine rings is 1. The molecule has 0 aromatic carbocycles. The smallest absolute Gasteiger partial charge is 0.403 e. The summed E-state index contributed by atoms with van der Waals surface area (Å²) in [6, 6.07) is 4.25. The molecule has 0 unspecified atom stereocenters. The maximum absolute atomic E-state index is 6.42. The van der Waals surface area contributed by atoms with E-state index < -0.39 is 0 Å². The number of hydrogen-bond donors (Lipinski definition) is 0. The van der Waals surface area contributed by atoms with Crippen LogP contribution in [0.25, 0.3) is 0 Å². The minimum absolute atomic E-state index is 0.184. The molecule has 1 aliphatic carbocycles. The van der Waals surface area contributed by atoms with Crippen LogP contribution in [0, 0.1) is 5.41 Å². The number of nitrogens with zero attached hydrogens (tertiary/aromatic N) is 1. The molecule has 1 aromatic rings. The first kappa shape index (κ1) is 17.9. The lowest BCUT2D eigenvalue weighted by Crippen LogP contribution is -2.41. The first-order valence-electron chi connectivity index (χ1n) is 9.48. The molecule has 2 fully saturated rings. The van der Waals surface area contributed by atoms with Gasteiger partial charge in [0.25, 0.3) is 0 Å². The first-order chi connectivity index (χ1) is 11.2. The summed E-state index contributed by atoms with van der Waals surface area (Å²) in [4.78, 5) is 4.19. The predicted molar refractivity (Wildman–Crippen MR) is 98.9 cm³/mol. The van der Waals surface area contributed by atoms with Gasteiger partial charge in [0, 0.05) is 18.2 Å². The molecule has 0 amide bonds. The van der Waals surface area contributed by atoms with E-state index in [1.165, 1.54) is 37.7 Å². The summed E-state index contributed by atoms with van der Waals surface area (Å²) in [6.07, 6.45) is 11.6. The van der Waals surface area contributed by atoms with Crippen LogP contribution in [-0.4, -0.2) is 23.3 Å². The molecule has 0 bridgehead atoms. The molecular formula is C20H32BNO2. The van der Waals surface area contributed by atoms with Crippen LogP contribution in [0.3, 0.4) is 0 Å². The van der Waals surface area contributed by atoms with Gasteiger partial charge in [0.05, 0.1) is 11.2 Å². The molecule has 1 aromatic heterocycles. The number of hydrogen-bond acceptors (Lipinski definition) is 3. The second-order valence-corrected chi connectivity index (χ2v) is 9.09. The Hall–Kier alpha value is -0.865. The Balaban J connectivity index is 1.86. The largest absolute Gasteiger partial charge is 0.465 e. The van der Waals surface area contributed by atoms with Crippen molar-refractivity contribution in [2.75, 3.05) is 0 Å². The second kappa shape index (κ2) is 6.46. The monoisotopic (exact) mass is 329 g/mol. The zero-order chi connectivity index (χ0) is 17.4. The Bertz CT molecular complexity index is 536. The molecule has 1 atom stereocenters. The van der Waals surface area contributed by atoms with E-state index in [9.17, 15) is 0 Å². The van der Waals surface area contributed by atoms with Gasteiger partial charge in [-0.1, -0.05) is 26.2 Å². The van der Waals surface area contributed by atoms with Crippen LogP contribution in [-0.2, 0) is 9.31 Å². The van der Waals surface area contributed by atoms with Crippen LogP contribution < -0.4 is 0 Å². The Morgan fingerprint density at radius 3 is 2.04 bits per heavy atom. The maximum atomic E-state index is 6.42. The van der Waals surface area contributed by atoms with Crippen LogP contribution in [0.4, 0.5) is 0 Å². The van der Waals surface area contributed by atoms with Crippen molar-refractivity contribution in [1.82, 2.24) is 4.98 Å². The highest BCUT2D eigenvalue weighted by Gasteiger charge is 2.54. The number of aromatic nitrogens is 1. The summed E-state index contributed by atoms with van der Waals surface area (Å²) in [5.74, 6) is 0.261.